The Labute approximate surface area is 120 Å². The van der Waals surface area contributed by atoms with E-state index in [4.69, 9.17) is 14.0 Å². The van der Waals surface area contributed by atoms with Crippen LogP contribution in [-0.2, 0) is 14.3 Å². The smallest absolute Gasteiger partial charge is 0.334 e. The summed E-state index contributed by atoms with van der Waals surface area (Å²) >= 11 is 1.05. The molecule has 1 aromatic rings. The topological polar surface area (TPSA) is 72.8 Å². The third-order valence-corrected chi connectivity index (χ3v) is 3.26. The van der Waals surface area contributed by atoms with Gasteiger partial charge in [-0.1, -0.05) is 18.7 Å². The van der Waals surface area contributed by atoms with Gasteiger partial charge in [-0.2, -0.15) is 0 Å². The van der Waals surface area contributed by atoms with Crippen LogP contribution in [0.15, 0.2) is 42.5 Å². The van der Waals surface area contributed by atoms with Crippen molar-refractivity contribution in [3.63, 3.8) is 0 Å². The number of cyclic esters (lactones) is 1. The summed E-state index contributed by atoms with van der Waals surface area (Å²) in [6, 6.07) is 6.88. The van der Waals surface area contributed by atoms with E-state index in [-0.39, 0.29) is 11.4 Å². The van der Waals surface area contributed by atoms with Crippen molar-refractivity contribution < 1.29 is 23.6 Å². The fourth-order valence-corrected chi connectivity index (χ4v) is 2.22. The summed E-state index contributed by atoms with van der Waals surface area (Å²) in [5.41, 5.74) is 0.826. The fraction of sp³-hybridized carbons (Fsp3) is 0.143. The van der Waals surface area contributed by atoms with E-state index in [0.29, 0.717) is 17.7 Å². The molecule has 6 heteroatoms. The van der Waals surface area contributed by atoms with Crippen LogP contribution < -0.4 is 4.18 Å². The summed E-state index contributed by atoms with van der Waals surface area (Å²) < 4.78 is 10.4. The van der Waals surface area contributed by atoms with Gasteiger partial charge in [-0.25, -0.2) is 9.59 Å². The van der Waals surface area contributed by atoms with Gasteiger partial charge in [-0.15, -0.1) is 0 Å². The zero-order chi connectivity index (χ0) is 14.5. The molecule has 0 amide bonds. The average molecular weight is 292 g/mol. The number of carboxylic acid groups (broad SMARTS) is 1. The average Bonchev–Trinajstić information content (AvgIpc) is 2.74. The fourth-order valence-electron chi connectivity index (χ4n) is 1.49. The maximum Gasteiger partial charge on any atom is 0.334 e. The molecule has 1 unspecified atom stereocenters. The zero-order valence-electron chi connectivity index (χ0n) is 10.4. The Kier molecular flexibility index (Phi) is 4.47. The van der Waals surface area contributed by atoms with E-state index in [0.717, 1.165) is 23.7 Å². The summed E-state index contributed by atoms with van der Waals surface area (Å²) in [6.45, 7) is 3.59. The third kappa shape index (κ3) is 3.89. The van der Waals surface area contributed by atoms with Gasteiger partial charge in [-0.05, 0) is 23.8 Å². The maximum atomic E-state index is 11.1. The lowest BCUT2D eigenvalue weighted by molar-refractivity contribution is -0.136. The minimum atomic E-state index is -0.996. The standard InChI is InChI=1S/C14H12O5S/c1-9-8-13(18-14(9)17)20-19-11-5-2-10(3-6-11)4-7-12(15)16/h2-7,13H,1,8H2,(H,15,16)/b7-4+. The van der Waals surface area contributed by atoms with E-state index in [9.17, 15) is 9.59 Å². The number of aliphatic carboxylic acids is 1. The van der Waals surface area contributed by atoms with Crippen molar-refractivity contribution in [3.05, 3.63) is 48.1 Å². The molecule has 2 rings (SSSR count). The van der Waals surface area contributed by atoms with Crippen molar-refractivity contribution >= 4 is 30.1 Å². The molecule has 1 N–H and O–H groups in total. The molecular weight excluding hydrogens is 280 g/mol. The molecule has 1 aliphatic heterocycles. The Bertz CT molecular complexity index is 545. The van der Waals surface area contributed by atoms with Gasteiger partial charge in [0.1, 0.15) is 17.8 Å². The molecule has 104 valence electrons. The van der Waals surface area contributed by atoms with Crippen LogP contribution in [0.25, 0.3) is 6.08 Å². The molecule has 1 heterocycles. The van der Waals surface area contributed by atoms with Gasteiger partial charge in [0.25, 0.3) is 0 Å². The van der Waals surface area contributed by atoms with Crippen LogP contribution >= 0.6 is 12.0 Å². The second-order valence-corrected chi connectivity index (χ2v) is 4.95. The highest BCUT2D eigenvalue weighted by atomic mass is 32.2. The summed E-state index contributed by atoms with van der Waals surface area (Å²) in [7, 11) is 0. The van der Waals surface area contributed by atoms with Crippen molar-refractivity contribution in [1.82, 2.24) is 0 Å². The molecule has 5 nitrogen and oxygen atoms in total. The van der Waals surface area contributed by atoms with Gasteiger partial charge >= 0.3 is 11.9 Å². The van der Waals surface area contributed by atoms with Crippen LogP contribution in [0.3, 0.4) is 0 Å². The summed E-state index contributed by atoms with van der Waals surface area (Å²) in [5, 5.41) is 8.51. The molecule has 0 aliphatic carbocycles. The molecular formula is C14H12O5S. The molecule has 20 heavy (non-hydrogen) atoms. The Balaban J connectivity index is 1.86. The molecule has 1 saturated heterocycles. The van der Waals surface area contributed by atoms with Crippen molar-refractivity contribution in [2.75, 3.05) is 0 Å². The summed E-state index contributed by atoms with van der Waals surface area (Å²) in [6.07, 6.45) is 3.00. The van der Waals surface area contributed by atoms with E-state index < -0.39 is 5.97 Å². The third-order valence-electron chi connectivity index (χ3n) is 2.49. The van der Waals surface area contributed by atoms with Crippen molar-refractivity contribution in [2.45, 2.75) is 11.9 Å². The number of carbonyl (C=O) groups is 2. The first kappa shape index (κ1) is 14.2. The molecule has 0 bridgehead atoms. The SMILES string of the molecule is C=C1CC(SOc2ccc(/C=C/C(=O)O)cc2)OC1=O. The second kappa shape index (κ2) is 6.29. The first-order chi connectivity index (χ1) is 9.54. The van der Waals surface area contributed by atoms with Crippen LogP contribution in [-0.4, -0.2) is 22.5 Å². The predicted octanol–water partition coefficient (Wildman–Crippen LogP) is 2.64. The largest absolute Gasteiger partial charge is 0.478 e. The number of hydrogen-bond donors (Lipinski definition) is 1. The number of carboxylic acids is 1. The van der Waals surface area contributed by atoms with Crippen molar-refractivity contribution in [2.24, 2.45) is 0 Å². The number of rotatable bonds is 5. The Morgan fingerprint density at radius 2 is 2.15 bits per heavy atom. The molecule has 0 aromatic heterocycles. The Morgan fingerprint density at radius 3 is 2.70 bits per heavy atom. The van der Waals surface area contributed by atoms with E-state index in [2.05, 4.69) is 6.58 Å². The number of hydrogen-bond acceptors (Lipinski definition) is 5. The van der Waals surface area contributed by atoms with Gasteiger partial charge in [0.2, 0.25) is 0 Å². The maximum absolute atomic E-state index is 11.1. The second-order valence-electron chi connectivity index (χ2n) is 4.06. The van der Waals surface area contributed by atoms with Gasteiger partial charge < -0.3 is 14.0 Å². The minimum absolute atomic E-state index is 0.374. The Hall–Kier alpha value is -2.21. The van der Waals surface area contributed by atoms with E-state index in [1.54, 1.807) is 24.3 Å². The number of ether oxygens (including phenoxy) is 1. The number of benzene rings is 1. The van der Waals surface area contributed by atoms with Gasteiger partial charge in [0, 0.05) is 18.1 Å². The van der Waals surface area contributed by atoms with Crippen LogP contribution in [0.2, 0.25) is 0 Å². The van der Waals surface area contributed by atoms with Crippen LogP contribution in [0.5, 0.6) is 5.75 Å². The highest BCUT2D eigenvalue weighted by Crippen LogP contribution is 2.29. The molecule has 1 atom stereocenters. The molecule has 1 aliphatic rings. The van der Waals surface area contributed by atoms with Gasteiger partial charge in [-0.3, -0.25) is 0 Å². The highest BCUT2D eigenvalue weighted by molar-refractivity contribution is 7.95. The first-order valence-electron chi connectivity index (χ1n) is 5.78. The zero-order valence-corrected chi connectivity index (χ0v) is 11.3. The van der Waals surface area contributed by atoms with Gasteiger partial charge in [0.15, 0.2) is 5.44 Å². The van der Waals surface area contributed by atoms with Crippen LogP contribution in [0.1, 0.15) is 12.0 Å². The summed E-state index contributed by atoms with van der Waals surface area (Å²) in [4.78, 5) is 21.5. The normalized spacial score (nSPS) is 18.3. The highest BCUT2D eigenvalue weighted by Gasteiger charge is 2.28. The molecule has 0 radical (unpaired) electrons. The number of carbonyl (C=O) groups excluding carboxylic acids is 1. The molecule has 0 spiro atoms. The van der Waals surface area contributed by atoms with E-state index in [1.807, 2.05) is 0 Å². The lowest BCUT2D eigenvalue weighted by Gasteiger charge is -2.08. The monoisotopic (exact) mass is 292 g/mol. The lowest BCUT2D eigenvalue weighted by Crippen LogP contribution is -2.03. The van der Waals surface area contributed by atoms with Crippen molar-refractivity contribution in [1.29, 1.82) is 0 Å². The van der Waals surface area contributed by atoms with Crippen LogP contribution in [0, 0.1) is 0 Å². The molecule has 1 fully saturated rings. The van der Waals surface area contributed by atoms with Crippen LogP contribution in [0.4, 0.5) is 0 Å². The lowest BCUT2D eigenvalue weighted by atomic mass is 10.2. The predicted molar refractivity (Wildman–Crippen MR) is 75.0 cm³/mol. The quantitative estimate of drug-likeness (QED) is 0.511. The molecule has 1 aromatic carbocycles. The summed E-state index contributed by atoms with van der Waals surface area (Å²) in [5.74, 6) is -0.791. The number of esters is 1. The molecule has 0 saturated carbocycles. The Morgan fingerprint density at radius 1 is 1.45 bits per heavy atom. The van der Waals surface area contributed by atoms with E-state index in [1.165, 1.54) is 6.08 Å². The van der Waals surface area contributed by atoms with Gasteiger partial charge in [0.05, 0.1) is 0 Å². The first-order valence-corrected chi connectivity index (χ1v) is 6.58. The van der Waals surface area contributed by atoms with Crippen molar-refractivity contribution in [3.8, 4) is 5.75 Å². The minimum Gasteiger partial charge on any atom is -0.478 e. The van der Waals surface area contributed by atoms with E-state index >= 15 is 0 Å².